The lowest BCUT2D eigenvalue weighted by molar-refractivity contribution is 0.350. The molecule has 0 fully saturated rings. The number of benzene rings is 2. The van der Waals surface area contributed by atoms with E-state index >= 15 is 0 Å². The quantitative estimate of drug-likeness (QED) is 0.291. The summed E-state index contributed by atoms with van der Waals surface area (Å²) < 4.78 is 7.17. The number of para-hydroxylation sites is 1. The van der Waals surface area contributed by atoms with E-state index in [0.29, 0.717) is 51.7 Å². The van der Waals surface area contributed by atoms with Crippen LogP contribution in [0.25, 0.3) is 28.0 Å². The number of aliphatic hydroxyl groups is 1. The minimum atomic E-state index is -0.475. The van der Waals surface area contributed by atoms with Gasteiger partial charge in [-0.05, 0) is 30.7 Å². The Bertz CT molecular complexity index is 1730. The molecule has 0 radical (unpaired) electrons. The molecule has 11 heteroatoms. The normalized spacial score (nSPS) is 11.7. The summed E-state index contributed by atoms with van der Waals surface area (Å²) in [4.78, 5) is 27.4. The van der Waals surface area contributed by atoms with Crippen molar-refractivity contribution < 1.29 is 9.52 Å². The number of aryl methyl sites for hydroxylation is 1. The third-order valence-electron chi connectivity index (χ3n) is 5.89. The van der Waals surface area contributed by atoms with Gasteiger partial charge in [0.1, 0.15) is 36.0 Å². The Morgan fingerprint density at radius 2 is 1.95 bits per heavy atom. The summed E-state index contributed by atoms with van der Waals surface area (Å²) in [5.74, 6) is 7.04. The lowest BCUT2D eigenvalue weighted by Gasteiger charge is -2.23. The zero-order chi connectivity index (χ0) is 26.6. The Morgan fingerprint density at radius 1 is 1.13 bits per heavy atom. The fraction of sp³-hybridized carbons (Fsp3) is 0.185. The van der Waals surface area contributed by atoms with Gasteiger partial charge in [-0.25, -0.2) is 15.0 Å². The molecule has 2 aromatic carbocycles. The Kier molecular flexibility index (Phi) is 6.80. The number of nitrogen functional groups attached to an aromatic ring is 1. The van der Waals surface area contributed by atoms with E-state index in [4.69, 9.17) is 15.1 Å². The molecule has 4 N–H and O–H groups in total. The number of fused-ring (bicyclic) bond motifs is 1. The maximum Gasteiger partial charge on any atom is 0.267 e. The maximum atomic E-state index is 14.0. The largest absolute Gasteiger partial charge is 0.421 e. The molecule has 0 saturated heterocycles. The highest BCUT2D eigenvalue weighted by Gasteiger charge is 2.25. The van der Waals surface area contributed by atoms with Crippen molar-refractivity contribution in [1.29, 1.82) is 0 Å². The molecule has 5 rings (SSSR count). The van der Waals surface area contributed by atoms with Gasteiger partial charge in [0.2, 0.25) is 5.89 Å². The van der Waals surface area contributed by atoms with E-state index in [9.17, 15) is 9.90 Å². The number of anilines is 2. The van der Waals surface area contributed by atoms with E-state index in [-0.39, 0.29) is 23.9 Å². The number of aliphatic hydroxyl groups excluding tert-OH is 1. The van der Waals surface area contributed by atoms with E-state index in [1.54, 1.807) is 29.7 Å². The van der Waals surface area contributed by atoms with Crippen molar-refractivity contribution in [2.75, 3.05) is 17.7 Å². The molecule has 0 spiro atoms. The first kappa shape index (κ1) is 24.6. The van der Waals surface area contributed by atoms with Crippen LogP contribution in [0.5, 0.6) is 0 Å². The van der Waals surface area contributed by atoms with Crippen LogP contribution < -0.4 is 16.6 Å². The Morgan fingerprint density at radius 3 is 2.66 bits per heavy atom. The second-order valence-corrected chi connectivity index (χ2v) is 8.32. The zero-order valence-electron chi connectivity index (χ0n) is 20.7. The van der Waals surface area contributed by atoms with Gasteiger partial charge in [-0.1, -0.05) is 43.0 Å². The molecule has 0 saturated carbocycles. The number of nitrogens with one attached hydrogen (secondary N) is 1. The van der Waals surface area contributed by atoms with Crippen LogP contribution in [0, 0.1) is 18.8 Å². The van der Waals surface area contributed by atoms with Gasteiger partial charge in [0.05, 0.1) is 22.6 Å². The topological polar surface area (TPSA) is 158 Å². The number of hydrogen-bond donors (Lipinski definition) is 3. The third kappa shape index (κ3) is 4.56. The predicted molar refractivity (Wildman–Crippen MR) is 142 cm³/mol. The first-order chi connectivity index (χ1) is 18.5. The van der Waals surface area contributed by atoms with Crippen molar-refractivity contribution in [2.24, 2.45) is 0 Å². The first-order valence-electron chi connectivity index (χ1n) is 11.9. The van der Waals surface area contributed by atoms with Crippen molar-refractivity contribution in [3.8, 4) is 29.0 Å². The second-order valence-electron chi connectivity index (χ2n) is 8.32. The van der Waals surface area contributed by atoms with Crippen molar-refractivity contribution in [1.82, 2.24) is 29.7 Å². The van der Waals surface area contributed by atoms with Crippen LogP contribution in [0.15, 0.2) is 64.1 Å². The van der Waals surface area contributed by atoms with Crippen molar-refractivity contribution in [2.45, 2.75) is 26.3 Å². The van der Waals surface area contributed by atoms with Crippen molar-refractivity contribution in [3.05, 3.63) is 82.5 Å². The molecule has 38 heavy (non-hydrogen) atoms. The number of nitrogens with two attached hydrogens (primary N) is 1. The molecule has 0 aliphatic carbocycles. The fourth-order valence-electron chi connectivity index (χ4n) is 4.18. The molecule has 5 aromatic rings. The van der Waals surface area contributed by atoms with Gasteiger partial charge in [-0.2, -0.15) is 0 Å². The molecule has 0 bridgehead atoms. The van der Waals surface area contributed by atoms with Crippen molar-refractivity contribution >= 4 is 22.5 Å². The molecule has 0 aliphatic heterocycles. The first-order valence-corrected chi connectivity index (χ1v) is 11.9. The van der Waals surface area contributed by atoms with Crippen LogP contribution in [-0.2, 0) is 0 Å². The molecule has 190 valence electrons. The number of rotatable bonds is 6. The summed E-state index contributed by atoms with van der Waals surface area (Å²) in [6.45, 7) is 3.32. The lowest BCUT2D eigenvalue weighted by Crippen LogP contribution is -2.29. The van der Waals surface area contributed by atoms with Crippen LogP contribution in [-0.4, -0.2) is 41.4 Å². The molecule has 1 unspecified atom stereocenters. The SMILES string of the molecule is CCC(Nc1ncnc(N)c1-c1nnc(C)o1)c1nc2cccc(C#CCO)c2c(=O)n1-c1ccccc1. The maximum absolute atomic E-state index is 14.0. The third-order valence-corrected chi connectivity index (χ3v) is 5.89. The van der Waals surface area contributed by atoms with E-state index in [2.05, 4.69) is 37.3 Å². The highest BCUT2D eigenvalue weighted by molar-refractivity contribution is 5.85. The van der Waals surface area contributed by atoms with Crippen LogP contribution in [0.3, 0.4) is 0 Å². The van der Waals surface area contributed by atoms with Crippen LogP contribution in [0.4, 0.5) is 11.6 Å². The molecule has 3 aromatic heterocycles. The molecule has 11 nitrogen and oxygen atoms in total. The van der Waals surface area contributed by atoms with Crippen LogP contribution in [0.2, 0.25) is 0 Å². The standard InChI is InChI=1S/C27H24N8O3/c1-3-19(31-24-22(23(28)29-15-30-24)26-34-33-16(2)38-26)25-32-20-13-7-9-17(10-8-14-36)21(20)27(37)35(25)18-11-5-4-6-12-18/h4-7,9,11-13,15,19,36H,3,14H2,1-2H3,(H3,28,29,30,31). The average Bonchev–Trinajstić information content (AvgIpc) is 3.36. The molecular weight excluding hydrogens is 484 g/mol. The number of hydrogen-bond acceptors (Lipinski definition) is 10. The summed E-state index contributed by atoms with van der Waals surface area (Å²) in [7, 11) is 0. The van der Waals surface area contributed by atoms with Gasteiger partial charge in [-0.3, -0.25) is 9.36 Å². The van der Waals surface area contributed by atoms with Gasteiger partial charge >= 0.3 is 0 Å². The molecule has 1 atom stereocenters. The number of nitrogens with zero attached hydrogens (tertiary/aromatic N) is 6. The van der Waals surface area contributed by atoms with E-state index in [0.717, 1.165) is 0 Å². The predicted octanol–water partition coefficient (Wildman–Crippen LogP) is 3.02. The Labute approximate surface area is 217 Å². The smallest absolute Gasteiger partial charge is 0.267 e. The Balaban J connectivity index is 1.72. The summed E-state index contributed by atoms with van der Waals surface area (Å²) >= 11 is 0. The lowest BCUT2D eigenvalue weighted by atomic mass is 10.1. The summed E-state index contributed by atoms with van der Waals surface area (Å²) in [5, 5.41) is 20.9. The highest BCUT2D eigenvalue weighted by Crippen LogP contribution is 2.33. The number of aromatic nitrogens is 6. The molecule has 0 aliphatic rings. The summed E-state index contributed by atoms with van der Waals surface area (Å²) in [6.07, 6.45) is 1.88. The minimum Gasteiger partial charge on any atom is -0.421 e. The van der Waals surface area contributed by atoms with Gasteiger partial charge in [0.15, 0.2) is 0 Å². The minimum absolute atomic E-state index is 0.167. The van der Waals surface area contributed by atoms with Gasteiger partial charge in [0, 0.05) is 12.5 Å². The average molecular weight is 509 g/mol. The van der Waals surface area contributed by atoms with Crippen molar-refractivity contribution in [3.63, 3.8) is 0 Å². The Hall–Kier alpha value is -5.08. The van der Waals surface area contributed by atoms with Gasteiger partial charge in [-0.15, -0.1) is 10.2 Å². The fourth-order valence-corrected chi connectivity index (χ4v) is 4.18. The van der Waals surface area contributed by atoms with E-state index in [1.807, 2.05) is 37.3 Å². The molecular formula is C27H24N8O3. The highest BCUT2D eigenvalue weighted by atomic mass is 16.4. The zero-order valence-corrected chi connectivity index (χ0v) is 20.7. The molecule has 0 amide bonds. The summed E-state index contributed by atoms with van der Waals surface area (Å²) in [6, 6.07) is 14.1. The van der Waals surface area contributed by atoms with Gasteiger partial charge in [0.25, 0.3) is 11.4 Å². The van der Waals surface area contributed by atoms with Crippen LogP contribution >= 0.6 is 0 Å². The van der Waals surface area contributed by atoms with Crippen LogP contribution in [0.1, 0.15) is 36.7 Å². The summed E-state index contributed by atoms with van der Waals surface area (Å²) in [5.41, 5.74) is 7.87. The van der Waals surface area contributed by atoms with E-state index < -0.39 is 6.04 Å². The molecule has 3 heterocycles. The second kappa shape index (κ2) is 10.5. The van der Waals surface area contributed by atoms with Gasteiger partial charge < -0.3 is 20.6 Å². The monoisotopic (exact) mass is 508 g/mol. The van der Waals surface area contributed by atoms with E-state index in [1.165, 1.54) is 6.33 Å².